The second-order valence-electron chi connectivity index (χ2n) is 7.83. The number of hydrogen-bond acceptors (Lipinski definition) is 3. The highest BCUT2D eigenvalue weighted by Gasteiger charge is 2.46. The van der Waals surface area contributed by atoms with Crippen molar-refractivity contribution in [1.82, 2.24) is 4.90 Å². The highest BCUT2D eigenvalue weighted by Crippen LogP contribution is 2.29. The lowest BCUT2D eigenvalue weighted by atomic mass is 10.1. The van der Waals surface area contributed by atoms with Gasteiger partial charge in [0.25, 0.3) is 5.91 Å². The van der Waals surface area contributed by atoms with Crippen LogP contribution in [0.2, 0.25) is 0 Å². The molecule has 0 saturated carbocycles. The van der Waals surface area contributed by atoms with Crippen molar-refractivity contribution >= 4 is 29.2 Å². The van der Waals surface area contributed by atoms with Crippen LogP contribution >= 0.6 is 0 Å². The molecule has 3 aromatic carbocycles. The minimum Gasteiger partial charge on any atom is -0.326 e. The number of nitrogens with zero attached hydrogens (tertiary/aromatic N) is 2. The van der Waals surface area contributed by atoms with E-state index in [9.17, 15) is 23.2 Å². The number of amides is 4. The van der Waals surface area contributed by atoms with Gasteiger partial charge in [0.05, 0.1) is 12.1 Å². The molecule has 0 spiro atoms. The summed E-state index contributed by atoms with van der Waals surface area (Å²) in [6, 6.07) is 16.3. The number of carbonyl (C=O) groups excluding carboxylic acids is 3. The number of urea groups is 1. The molecule has 1 aliphatic rings. The largest absolute Gasteiger partial charge is 0.332 e. The summed E-state index contributed by atoms with van der Waals surface area (Å²) < 4.78 is 26.8. The summed E-state index contributed by atoms with van der Waals surface area (Å²) >= 11 is 0. The molecule has 1 unspecified atom stereocenters. The van der Waals surface area contributed by atoms with E-state index in [1.54, 1.807) is 18.2 Å². The van der Waals surface area contributed by atoms with E-state index in [4.69, 9.17) is 0 Å². The Labute approximate surface area is 189 Å². The third-order valence-electron chi connectivity index (χ3n) is 5.33. The molecule has 1 fully saturated rings. The lowest BCUT2D eigenvalue weighted by Gasteiger charge is -2.21. The standard InChI is InChI=1S/C25H21F2N3O3/c1-16-4-2-7-21(12-16)30-24(32)22(14-23(31)28-20-6-3-5-19(27)13-20)29(25(30)33)15-17-8-10-18(26)11-9-17/h2-13,22H,14-15H2,1H3,(H,28,31). The van der Waals surface area contributed by atoms with Crippen LogP contribution in [0, 0.1) is 18.6 Å². The lowest BCUT2D eigenvalue weighted by Crippen LogP contribution is -2.37. The summed E-state index contributed by atoms with van der Waals surface area (Å²) in [4.78, 5) is 41.6. The highest BCUT2D eigenvalue weighted by molar-refractivity contribution is 6.22. The van der Waals surface area contributed by atoms with Gasteiger partial charge in [-0.05, 0) is 60.5 Å². The van der Waals surface area contributed by atoms with Gasteiger partial charge in [-0.15, -0.1) is 0 Å². The Bertz CT molecular complexity index is 1210. The Hall–Kier alpha value is -4.07. The van der Waals surface area contributed by atoms with E-state index in [-0.39, 0.29) is 18.7 Å². The van der Waals surface area contributed by atoms with Crippen LogP contribution in [-0.4, -0.2) is 28.8 Å². The normalized spacial score (nSPS) is 15.8. The number of nitrogens with one attached hydrogen (secondary N) is 1. The number of imide groups is 1. The summed E-state index contributed by atoms with van der Waals surface area (Å²) in [6.07, 6.45) is -0.315. The van der Waals surface area contributed by atoms with Crippen molar-refractivity contribution in [3.05, 3.63) is 95.6 Å². The average molecular weight is 449 g/mol. The molecule has 4 rings (SSSR count). The van der Waals surface area contributed by atoms with Crippen molar-refractivity contribution in [3.8, 4) is 0 Å². The molecule has 0 aliphatic carbocycles. The Balaban J connectivity index is 1.61. The molecular weight excluding hydrogens is 428 g/mol. The number of anilines is 2. The Morgan fingerprint density at radius 2 is 1.67 bits per heavy atom. The van der Waals surface area contributed by atoms with Crippen molar-refractivity contribution in [2.75, 3.05) is 10.2 Å². The molecule has 8 heteroatoms. The highest BCUT2D eigenvalue weighted by atomic mass is 19.1. The van der Waals surface area contributed by atoms with E-state index in [1.165, 1.54) is 47.4 Å². The predicted octanol–water partition coefficient (Wildman–Crippen LogP) is 4.64. The van der Waals surface area contributed by atoms with E-state index in [0.717, 1.165) is 16.5 Å². The summed E-state index contributed by atoms with van der Waals surface area (Å²) in [5.41, 5.74) is 2.13. The van der Waals surface area contributed by atoms with Crippen LogP contribution in [0.1, 0.15) is 17.5 Å². The maximum Gasteiger partial charge on any atom is 0.332 e. The van der Waals surface area contributed by atoms with Crippen molar-refractivity contribution in [3.63, 3.8) is 0 Å². The Morgan fingerprint density at radius 3 is 2.36 bits per heavy atom. The molecule has 4 amide bonds. The molecule has 0 bridgehead atoms. The van der Waals surface area contributed by atoms with Gasteiger partial charge in [0.15, 0.2) is 0 Å². The molecular formula is C25H21F2N3O3. The average Bonchev–Trinajstić information content (AvgIpc) is 2.99. The second-order valence-corrected chi connectivity index (χ2v) is 7.83. The van der Waals surface area contributed by atoms with Crippen LogP contribution < -0.4 is 10.2 Å². The molecule has 0 aromatic heterocycles. The van der Waals surface area contributed by atoms with Crippen LogP contribution in [0.3, 0.4) is 0 Å². The van der Waals surface area contributed by atoms with Gasteiger partial charge in [-0.2, -0.15) is 0 Å². The number of halogens is 2. The van der Waals surface area contributed by atoms with E-state index in [2.05, 4.69) is 5.32 Å². The van der Waals surface area contributed by atoms with E-state index >= 15 is 0 Å². The fraction of sp³-hybridized carbons (Fsp3) is 0.160. The molecule has 6 nitrogen and oxygen atoms in total. The number of aryl methyl sites for hydroxylation is 1. The summed E-state index contributed by atoms with van der Waals surface area (Å²) in [7, 11) is 0. The first-order valence-electron chi connectivity index (χ1n) is 10.3. The monoisotopic (exact) mass is 449 g/mol. The maximum atomic E-state index is 13.4. The topological polar surface area (TPSA) is 69.7 Å². The number of hydrogen-bond donors (Lipinski definition) is 1. The van der Waals surface area contributed by atoms with Crippen LogP contribution in [0.5, 0.6) is 0 Å². The molecule has 0 radical (unpaired) electrons. The van der Waals surface area contributed by atoms with Crippen LogP contribution in [0.15, 0.2) is 72.8 Å². The fourth-order valence-corrected chi connectivity index (χ4v) is 3.76. The van der Waals surface area contributed by atoms with Crippen LogP contribution in [0.4, 0.5) is 25.0 Å². The van der Waals surface area contributed by atoms with Crippen molar-refractivity contribution < 1.29 is 23.2 Å². The first kappa shape index (κ1) is 22.1. The van der Waals surface area contributed by atoms with E-state index < -0.39 is 35.5 Å². The Morgan fingerprint density at radius 1 is 0.939 bits per heavy atom. The van der Waals surface area contributed by atoms with Gasteiger partial charge in [0.1, 0.15) is 17.7 Å². The van der Waals surface area contributed by atoms with Crippen molar-refractivity contribution in [1.29, 1.82) is 0 Å². The zero-order valence-corrected chi connectivity index (χ0v) is 17.8. The van der Waals surface area contributed by atoms with Crippen LogP contribution in [-0.2, 0) is 16.1 Å². The third-order valence-corrected chi connectivity index (χ3v) is 5.33. The van der Waals surface area contributed by atoms with E-state index in [0.29, 0.717) is 11.3 Å². The third kappa shape index (κ3) is 4.90. The summed E-state index contributed by atoms with van der Waals surface area (Å²) in [6.45, 7) is 1.86. The smallest absolute Gasteiger partial charge is 0.326 e. The van der Waals surface area contributed by atoms with Gasteiger partial charge in [-0.1, -0.05) is 30.3 Å². The van der Waals surface area contributed by atoms with E-state index in [1.807, 2.05) is 13.0 Å². The minimum absolute atomic E-state index is 0.0189. The molecule has 1 atom stereocenters. The molecule has 33 heavy (non-hydrogen) atoms. The maximum absolute atomic E-state index is 13.4. The van der Waals surface area contributed by atoms with Gasteiger partial charge in [-0.25, -0.2) is 18.5 Å². The summed E-state index contributed by atoms with van der Waals surface area (Å²) in [5.74, 6) is -2.01. The first-order valence-corrected chi connectivity index (χ1v) is 10.3. The van der Waals surface area contributed by atoms with Gasteiger partial charge in [0, 0.05) is 12.2 Å². The summed E-state index contributed by atoms with van der Waals surface area (Å²) in [5, 5.41) is 2.56. The number of carbonyl (C=O) groups is 3. The van der Waals surface area contributed by atoms with Gasteiger partial charge < -0.3 is 10.2 Å². The quantitative estimate of drug-likeness (QED) is 0.558. The molecule has 1 heterocycles. The van der Waals surface area contributed by atoms with Gasteiger partial charge >= 0.3 is 6.03 Å². The van der Waals surface area contributed by atoms with Crippen molar-refractivity contribution in [2.45, 2.75) is 25.9 Å². The van der Waals surface area contributed by atoms with Gasteiger partial charge in [0.2, 0.25) is 5.91 Å². The SMILES string of the molecule is Cc1cccc(N2C(=O)C(CC(=O)Nc3cccc(F)c3)N(Cc3ccc(F)cc3)C2=O)c1. The lowest BCUT2D eigenvalue weighted by molar-refractivity contribution is -0.124. The molecule has 168 valence electrons. The van der Waals surface area contributed by atoms with Crippen molar-refractivity contribution in [2.24, 2.45) is 0 Å². The molecule has 1 aliphatic heterocycles. The molecule has 1 N–H and O–H groups in total. The zero-order valence-electron chi connectivity index (χ0n) is 17.8. The predicted molar refractivity (Wildman–Crippen MR) is 119 cm³/mol. The molecule has 3 aromatic rings. The van der Waals surface area contributed by atoms with Gasteiger partial charge in [-0.3, -0.25) is 9.59 Å². The second kappa shape index (κ2) is 9.20. The first-order chi connectivity index (χ1) is 15.8. The Kier molecular flexibility index (Phi) is 6.17. The number of rotatable bonds is 6. The van der Waals surface area contributed by atoms with Crippen LogP contribution in [0.25, 0.3) is 0 Å². The number of benzene rings is 3. The zero-order chi connectivity index (χ0) is 23.5. The minimum atomic E-state index is -1.07. The fourth-order valence-electron chi connectivity index (χ4n) is 3.76. The molecule has 1 saturated heterocycles.